The molecule has 5 heteroatoms. The van der Waals surface area contributed by atoms with Crippen LogP contribution in [0.1, 0.15) is 43.7 Å². The quantitative estimate of drug-likeness (QED) is 0.608. The average Bonchev–Trinajstić information content (AvgIpc) is 3.18. The number of hydrogen-bond acceptors (Lipinski definition) is 3. The maximum absolute atomic E-state index is 5.36. The molecule has 106 valence electrons. The topological polar surface area (TPSA) is 62.5 Å². The van der Waals surface area contributed by atoms with Gasteiger partial charge < -0.3 is 15.2 Å². The lowest BCUT2D eigenvalue weighted by Crippen LogP contribution is -2.38. The summed E-state index contributed by atoms with van der Waals surface area (Å²) in [7, 11) is 1.80. The van der Waals surface area contributed by atoms with Crippen LogP contribution in [0.4, 0.5) is 0 Å². The zero-order chi connectivity index (χ0) is 13.7. The molecule has 5 nitrogen and oxygen atoms in total. The summed E-state index contributed by atoms with van der Waals surface area (Å²) in [6.07, 6.45) is 4.46. The van der Waals surface area contributed by atoms with Gasteiger partial charge in [0.2, 0.25) is 0 Å². The van der Waals surface area contributed by atoms with Gasteiger partial charge in [-0.2, -0.15) is 0 Å². The number of aryl methyl sites for hydroxylation is 2. The van der Waals surface area contributed by atoms with Crippen LogP contribution in [0.3, 0.4) is 0 Å². The molecule has 0 unspecified atom stereocenters. The number of guanidine groups is 1. The molecule has 1 aromatic heterocycles. The van der Waals surface area contributed by atoms with Gasteiger partial charge in [-0.15, -0.1) is 0 Å². The van der Waals surface area contributed by atoms with E-state index in [-0.39, 0.29) is 0 Å². The second kappa shape index (κ2) is 6.59. The summed E-state index contributed by atoms with van der Waals surface area (Å²) >= 11 is 0. The molecule has 0 aliphatic heterocycles. The summed E-state index contributed by atoms with van der Waals surface area (Å²) < 4.78 is 5.36. The van der Waals surface area contributed by atoms with Crippen molar-refractivity contribution in [2.45, 2.75) is 46.1 Å². The van der Waals surface area contributed by atoms with Gasteiger partial charge in [0, 0.05) is 32.1 Å². The molecule has 1 fully saturated rings. The smallest absolute Gasteiger partial charge is 0.191 e. The zero-order valence-corrected chi connectivity index (χ0v) is 12.1. The van der Waals surface area contributed by atoms with Crippen LogP contribution < -0.4 is 10.6 Å². The third kappa shape index (κ3) is 3.72. The molecule has 2 N–H and O–H groups in total. The molecule has 1 heterocycles. The molecule has 1 aliphatic carbocycles. The number of aliphatic imine (C=N–C) groups is 1. The number of nitrogens with one attached hydrogen (secondary N) is 2. The Labute approximate surface area is 114 Å². The van der Waals surface area contributed by atoms with Crippen LogP contribution >= 0.6 is 0 Å². The summed E-state index contributed by atoms with van der Waals surface area (Å²) in [5.41, 5.74) is 2.22. The molecule has 2 rings (SSSR count). The highest BCUT2D eigenvalue weighted by Gasteiger charge is 2.21. The van der Waals surface area contributed by atoms with E-state index in [0.717, 1.165) is 49.3 Å². The van der Waals surface area contributed by atoms with Crippen molar-refractivity contribution in [2.24, 2.45) is 10.9 Å². The van der Waals surface area contributed by atoms with E-state index >= 15 is 0 Å². The molecule has 0 aromatic carbocycles. The van der Waals surface area contributed by atoms with E-state index in [1.165, 1.54) is 18.4 Å². The largest absolute Gasteiger partial charge is 0.361 e. The predicted octanol–water partition coefficient (Wildman–Crippen LogP) is 1.87. The fraction of sp³-hybridized carbons (Fsp3) is 0.714. The Hall–Kier alpha value is -1.52. The molecule has 19 heavy (non-hydrogen) atoms. The Kier molecular flexibility index (Phi) is 4.82. The van der Waals surface area contributed by atoms with Crippen molar-refractivity contribution < 1.29 is 4.52 Å². The number of nitrogens with zero attached hydrogens (tertiary/aromatic N) is 2. The lowest BCUT2D eigenvalue weighted by Gasteiger charge is -2.11. The molecule has 0 saturated heterocycles. The van der Waals surface area contributed by atoms with Gasteiger partial charge in [0.05, 0.1) is 5.69 Å². The van der Waals surface area contributed by atoms with Crippen LogP contribution in [0.15, 0.2) is 9.52 Å². The van der Waals surface area contributed by atoms with Crippen LogP contribution in [-0.2, 0) is 19.4 Å². The average molecular weight is 264 g/mol. The van der Waals surface area contributed by atoms with E-state index in [2.05, 4.69) is 34.6 Å². The van der Waals surface area contributed by atoms with Gasteiger partial charge in [0.1, 0.15) is 5.76 Å². The maximum atomic E-state index is 5.36. The highest BCUT2D eigenvalue weighted by atomic mass is 16.5. The first-order chi connectivity index (χ1) is 9.28. The van der Waals surface area contributed by atoms with Gasteiger partial charge in [-0.25, -0.2) is 0 Å². The molecular formula is C14H24N4O. The van der Waals surface area contributed by atoms with Gasteiger partial charge >= 0.3 is 0 Å². The minimum Gasteiger partial charge on any atom is -0.361 e. The van der Waals surface area contributed by atoms with Crippen molar-refractivity contribution in [3.8, 4) is 0 Å². The van der Waals surface area contributed by atoms with Gasteiger partial charge in [0.25, 0.3) is 0 Å². The van der Waals surface area contributed by atoms with Crippen molar-refractivity contribution in [3.05, 3.63) is 17.0 Å². The Morgan fingerprint density at radius 3 is 2.68 bits per heavy atom. The maximum Gasteiger partial charge on any atom is 0.191 e. The molecule has 0 atom stereocenters. The van der Waals surface area contributed by atoms with Crippen molar-refractivity contribution in [3.63, 3.8) is 0 Å². The first-order valence-electron chi connectivity index (χ1n) is 7.19. The first kappa shape index (κ1) is 13.9. The van der Waals surface area contributed by atoms with Crippen molar-refractivity contribution in [1.82, 2.24) is 15.8 Å². The second-order valence-electron chi connectivity index (χ2n) is 4.99. The first-order valence-corrected chi connectivity index (χ1v) is 7.19. The normalized spacial score (nSPS) is 15.6. The second-order valence-corrected chi connectivity index (χ2v) is 4.99. The van der Waals surface area contributed by atoms with Gasteiger partial charge in [-0.1, -0.05) is 19.0 Å². The molecule has 1 aromatic rings. The zero-order valence-electron chi connectivity index (χ0n) is 12.1. The Bertz CT molecular complexity index is 413. The number of aromatic nitrogens is 1. The fourth-order valence-corrected chi connectivity index (χ4v) is 2.09. The van der Waals surface area contributed by atoms with Crippen LogP contribution in [0, 0.1) is 5.92 Å². The SMILES string of the molecule is CCc1noc(CC)c1CNC(=NC)NCC1CC1. The van der Waals surface area contributed by atoms with Gasteiger partial charge in [0.15, 0.2) is 5.96 Å². The van der Waals surface area contributed by atoms with E-state index in [0.29, 0.717) is 0 Å². The van der Waals surface area contributed by atoms with Crippen molar-refractivity contribution in [1.29, 1.82) is 0 Å². The Balaban J connectivity index is 1.90. The molecular weight excluding hydrogens is 240 g/mol. The number of rotatable bonds is 6. The summed E-state index contributed by atoms with van der Waals surface area (Å²) in [6.45, 7) is 5.93. The fourth-order valence-electron chi connectivity index (χ4n) is 2.09. The van der Waals surface area contributed by atoms with Crippen LogP contribution in [-0.4, -0.2) is 24.7 Å². The van der Waals surface area contributed by atoms with E-state index in [1.54, 1.807) is 7.05 Å². The Morgan fingerprint density at radius 1 is 1.32 bits per heavy atom. The highest BCUT2D eigenvalue weighted by Crippen LogP contribution is 2.27. The minimum absolute atomic E-state index is 0.722. The Morgan fingerprint density at radius 2 is 2.11 bits per heavy atom. The van der Waals surface area contributed by atoms with E-state index in [4.69, 9.17) is 4.52 Å². The molecule has 1 aliphatic rings. The predicted molar refractivity (Wildman–Crippen MR) is 76.2 cm³/mol. The summed E-state index contributed by atoms with van der Waals surface area (Å²) in [6, 6.07) is 0. The minimum atomic E-state index is 0.722. The molecule has 0 radical (unpaired) electrons. The summed E-state index contributed by atoms with van der Waals surface area (Å²) in [4.78, 5) is 4.24. The van der Waals surface area contributed by atoms with Crippen molar-refractivity contribution >= 4 is 5.96 Å². The third-order valence-electron chi connectivity index (χ3n) is 3.52. The lowest BCUT2D eigenvalue weighted by molar-refractivity contribution is 0.380. The van der Waals surface area contributed by atoms with Gasteiger partial charge in [-0.3, -0.25) is 4.99 Å². The summed E-state index contributed by atoms with van der Waals surface area (Å²) in [5, 5.41) is 10.8. The molecule has 0 spiro atoms. The lowest BCUT2D eigenvalue weighted by atomic mass is 10.1. The number of hydrogen-bond donors (Lipinski definition) is 2. The van der Waals surface area contributed by atoms with Crippen molar-refractivity contribution in [2.75, 3.05) is 13.6 Å². The third-order valence-corrected chi connectivity index (χ3v) is 3.52. The van der Waals surface area contributed by atoms with Crippen LogP contribution in [0.25, 0.3) is 0 Å². The van der Waals surface area contributed by atoms with E-state index < -0.39 is 0 Å². The monoisotopic (exact) mass is 264 g/mol. The van der Waals surface area contributed by atoms with E-state index in [1.807, 2.05) is 0 Å². The standard InChI is InChI=1S/C14H24N4O/c1-4-12-11(13(5-2)19-18-12)9-17-14(15-3)16-8-10-6-7-10/h10H,4-9H2,1-3H3,(H2,15,16,17). The summed E-state index contributed by atoms with van der Waals surface area (Å²) in [5.74, 6) is 2.67. The molecule has 1 saturated carbocycles. The van der Waals surface area contributed by atoms with Crippen LogP contribution in [0.2, 0.25) is 0 Å². The highest BCUT2D eigenvalue weighted by molar-refractivity contribution is 5.79. The molecule has 0 amide bonds. The molecule has 0 bridgehead atoms. The van der Waals surface area contributed by atoms with Crippen LogP contribution in [0.5, 0.6) is 0 Å². The van der Waals surface area contributed by atoms with E-state index in [9.17, 15) is 0 Å². The van der Waals surface area contributed by atoms with Gasteiger partial charge in [-0.05, 0) is 25.2 Å².